The first-order valence-electron chi connectivity index (χ1n) is 8.25. The molecule has 0 saturated heterocycles. The highest BCUT2D eigenvalue weighted by atomic mass is 19.3. The summed E-state index contributed by atoms with van der Waals surface area (Å²) in [4.78, 5) is 32.8. The van der Waals surface area contributed by atoms with Gasteiger partial charge in [0, 0.05) is 31.6 Å². The first kappa shape index (κ1) is 21.4. The zero-order valence-electron chi connectivity index (χ0n) is 13.7. The maximum Gasteiger partial charge on any atom is 0.303 e. The average molecular weight is 366 g/mol. The number of aliphatic hydroxyl groups excluding tert-OH is 2. The molecule has 4 atom stereocenters. The van der Waals surface area contributed by atoms with Gasteiger partial charge >= 0.3 is 11.9 Å². The molecule has 0 radical (unpaired) electrons. The number of aliphatic hydroxyl groups is 2. The number of halogens is 2. The fourth-order valence-corrected chi connectivity index (χ4v) is 3.27. The molecule has 0 bridgehead atoms. The Bertz CT molecular complexity index is 495. The first-order valence-corrected chi connectivity index (χ1v) is 8.25. The van der Waals surface area contributed by atoms with Gasteiger partial charge in [0.05, 0.1) is 6.10 Å². The molecule has 0 aliphatic heterocycles. The Labute approximate surface area is 143 Å². The topological polar surface area (TPSA) is 132 Å². The molecule has 9 heteroatoms. The van der Waals surface area contributed by atoms with Gasteiger partial charge in [-0.25, -0.2) is 8.78 Å². The zero-order chi connectivity index (χ0) is 19.2. The summed E-state index contributed by atoms with van der Waals surface area (Å²) in [5, 5.41) is 36.8. The van der Waals surface area contributed by atoms with Crippen molar-refractivity contribution in [2.75, 3.05) is 0 Å². The van der Waals surface area contributed by atoms with Gasteiger partial charge in [-0.3, -0.25) is 14.4 Å². The summed E-state index contributed by atoms with van der Waals surface area (Å²) in [5.41, 5.74) is 0. The summed E-state index contributed by atoms with van der Waals surface area (Å²) in [7, 11) is 0. The van der Waals surface area contributed by atoms with Crippen molar-refractivity contribution in [2.45, 2.75) is 69.5 Å². The van der Waals surface area contributed by atoms with Crippen molar-refractivity contribution in [3.05, 3.63) is 0 Å². The minimum absolute atomic E-state index is 0.0288. The van der Waals surface area contributed by atoms with Gasteiger partial charge in [0.15, 0.2) is 0 Å². The van der Waals surface area contributed by atoms with E-state index in [1.807, 2.05) is 0 Å². The summed E-state index contributed by atoms with van der Waals surface area (Å²) in [5.74, 6) is -7.40. The van der Waals surface area contributed by atoms with Crippen LogP contribution in [-0.2, 0) is 14.4 Å². The highest BCUT2D eigenvalue weighted by Crippen LogP contribution is 2.37. The number of hydrogen-bond acceptors (Lipinski definition) is 5. The van der Waals surface area contributed by atoms with E-state index < -0.39 is 54.7 Å². The van der Waals surface area contributed by atoms with Crippen LogP contribution >= 0.6 is 0 Å². The molecule has 144 valence electrons. The lowest BCUT2D eigenvalue weighted by Crippen LogP contribution is -2.35. The second-order valence-corrected chi connectivity index (χ2v) is 6.54. The number of alkyl halides is 2. The van der Waals surface area contributed by atoms with Crippen LogP contribution in [0.2, 0.25) is 0 Å². The van der Waals surface area contributed by atoms with Crippen molar-refractivity contribution in [1.29, 1.82) is 0 Å². The Morgan fingerprint density at radius 3 is 2.32 bits per heavy atom. The van der Waals surface area contributed by atoms with Gasteiger partial charge in [-0.1, -0.05) is 0 Å². The summed E-state index contributed by atoms with van der Waals surface area (Å²) in [6.07, 6.45) is -5.26. The van der Waals surface area contributed by atoms with Crippen LogP contribution in [-0.4, -0.2) is 56.3 Å². The van der Waals surface area contributed by atoms with E-state index in [1.54, 1.807) is 0 Å². The molecule has 0 unspecified atom stereocenters. The molecule has 1 saturated carbocycles. The lowest BCUT2D eigenvalue weighted by atomic mass is 9.85. The highest BCUT2D eigenvalue weighted by molar-refractivity contribution is 5.84. The second-order valence-electron chi connectivity index (χ2n) is 6.54. The predicted molar refractivity (Wildman–Crippen MR) is 81.2 cm³/mol. The maximum absolute atomic E-state index is 13.8. The van der Waals surface area contributed by atoms with Crippen molar-refractivity contribution in [3.63, 3.8) is 0 Å². The minimum atomic E-state index is -3.46. The van der Waals surface area contributed by atoms with Crippen LogP contribution in [0.25, 0.3) is 0 Å². The molecule has 0 aromatic heterocycles. The van der Waals surface area contributed by atoms with E-state index in [-0.39, 0.29) is 44.3 Å². The quantitative estimate of drug-likeness (QED) is 0.435. The van der Waals surface area contributed by atoms with E-state index in [0.29, 0.717) is 0 Å². The van der Waals surface area contributed by atoms with E-state index in [2.05, 4.69) is 0 Å². The number of Topliss-reactive ketones (excluding diaryl/α,β-unsaturated/α-hetero) is 1. The van der Waals surface area contributed by atoms with Gasteiger partial charge in [-0.15, -0.1) is 0 Å². The van der Waals surface area contributed by atoms with E-state index in [0.717, 1.165) is 0 Å². The molecule has 7 nitrogen and oxygen atoms in total. The van der Waals surface area contributed by atoms with E-state index in [4.69, 9.17) is 10.2 Å². The number of ketones is 1. The molecule has 0 spiro atoms. The number of carbonyl (C=O) groups excluding carboxylic acids is 1. The molecule has 0 heterocycles. The molecule has 0 aromatic rings. The Morgan fingerprint density at radius 2 is 1.76 bits per heavy atom. The minimum Gasteiger partial charge on any atom is -0.481 e. The lowest BCUT2D eigenvalue weighted by Gasteiger charge is -2.26. The number of hydrogen-bond donors (Lipinski definition) is 4. The summed E-state index contributed by atoms with van der Waals surface area (Å²) >= 11 is 0. The third kappa shape index (κ3) is 6.66. The van der Waals surface area contributed by atoms with Crippen LogP contribution < -0.4 is 0 Å². The molecular weight excluding hydrogens is 342 g/mol. The molecule has 25 heavy (non-hydrogen) atoms. The standard InChI is InChI=1S/C16H24F2O7/c17-16(18,7-1-2-14(22)23)13(21)5-3-9-10(4-6-15(24)25)12(20)8-11(9)19/h9-11,13,19,21H,1-8H2,(H,22,23)(H,24,25)/t9-,10-,11-,13+/m1/s1. The molecular formula is C16H24F2O7. The SMILES string of the molecule is O=C(O)CCCC(F)(F)[C@@H](O)CC[C@H]1[C@H](O)CC(=O)[C@@H]1CCC(=O)O. The molecule has 0 aromatic carbocycles. The Hall–Kier alpha value is -1.61. The summed E-state index contributed by atoms with van der Waals surface area (Å²) in [6, 6.07) is 0. The highest BCUT2D eigenvalue weighted by Gasteiger charge is 2.43. The molecule has 4 N–H and O–H groups in total. The van der Waals surface area contributed by atoms with Crippen molar-refractivity contribution >= 4 is 17.7 Å². The van der Waals surface area contributed by atoms with Crippen molar-refractivity contribution < 1.29 is 43.6 Å². The average Bonchev–Trinajstić information content (AvgIpc) is 2.75. The van der Waals surface area contributed by atoms with Gasteiger partial charge in [0.2, 0.25) is 0 Å². The maximum atomic E-state index is 13.8. The number of aliphatic carboxylic acids is 2. The number of carboxylic acid groups (broad SMARTS) is 2. The van der Waals surface area contributed by atoms with Crippen LogP contribution in [0.5, 0.6) is 0 Å². The fraction of sp³-hybridized carbons (Fsp3) is 0.812. The van der Waals surface area contributed by atoms with E-state index in [9.17, 15) is 33.4 Å². The molecule has 1 aliphatic rings. The molecule has 1 aliphatic carbocycles. The fourth-order valence-electron chi connectivity index (χ4n) is 3.27. The van der Waals surface area contributed by atoms with Crippen molar-refractivity contribution in [1.82, 2.24) is 0 Å². The monoisotopic (exact) mass is 366 g/mol. The van der Waals surface area contributed by atoms with Crippen LogP contribution in [0.4, 0.5) is 8.78 Å². The summed E-state index contributed by atoms with van der Waals surface area (Å²) in [6.45, 7) is 0. The number of rotatable bonds is 11. The normalized spacial score (nSPS) is 25.1. The van der Waals surface area contributed by atoms with E-state index in [1.165, 1.54) is 0 Å². The van der Waals surface area contributed by atoms with Crippen molar-refractivity contribution in [2.24, 2.45) is 11.8 Å². The first-order chi connectivity index (χ1) is 11.5. The van der Waals surface area contributed by atoms with Crippen LogP contribution in [0.15, 0.2) is 0 Å². The van der Waals surface area contributed by atoms with Crippen molar-refractivity contribution in [3.8, 4) is 0 Å². The molecule has 1 rings (SSSR count). The summed E-state index contributed by atoms with van der Waals surface area (Å²) < 4.78 is 27.6. The Balaban J connectivity index is 2.56. The van der Waals surface area contributed by atoms with Gasteiger partial charge in [-0.2, -0.15) is 0 Å². The van der Waals surface area contributed by atoms with Crippen LogP contribution in [0, 0.1) is 11.8 Å². The zero-order valence-corrected chi connectivity index (χ0v) is 13.7. The van der Waals surface area contributed by atoms with Gasteiger partial charge in [-0.05, 0) is 31.6 Å². The molecule has 1 fully saturated rings. The second kappa shape index (κ2) is 9.19. The van der Waals surface area contributed by atoms with Crippen LogP contribution in [0.3, 0.4) is 0 Å². The number of carboxylic acids is 2. The Kier molecular flexibility index (Phi) is 7.88. The van der Waals surface area contributed by atoms with Gasteiger partial charge in [0.25, 0.3) is 5.92 Å². The largest absolute Gasteiger partial charge is 0.481 e. The van der Waals surface area contributed by atoms with Crippen LogP contribution in [0.1, 0.15) is 51.4 Å². The molecule has 0 amide bonds. The van der Waals surface area contributed by atoms with Gasteiger partial charge < -0.3 is 20.4 Å². The third-order valence-corrected chi connectivity index (χ3v) is 4.67. The number of carbonyl (C=O) groups is 3. The smallest absolute Gasteiger partial charge is 0.303 e. The Morgan fingerprint density at radius 1 is 1.16 bits per heavy atom. The van der Waals surface area contributed by atoms with Gasteiger partial charge in [0.1, 0.15) is 11.9 Å². The van der Waals surface area contributed by atoms with E-state index >= 15 is 0 Å². The lowest BCUT2D eigenvalue weighted by molar-refractivity contribution is -0.139. The third-order valence-electron chi connectivity index (χ3n) is 4.67. The predicted octanol–water partition coefficient (Wildman–Crippen LogP) is 1.45.